The van der Waals surface area contributed by atoms with Crippen molar-refractivity contribution in [2.24, 2.45) is 0 Å². The summed E-state index contributed by atoms with van der Waals surface area (Å²) in [4.78, 5) is 0. The lowest BCUT2D eigenvalue weighted by atomic mass is 10.1. The summed E-state index contributed by atoms with van der Waals surface area (Å²) in [7, 11) is -1.30. The zero-order valence-electron chi connectivity index (χ0n) is 10.8. The van der Waals surface area contributed by atoms with Crippen LogP contribution >= 0.6 is 0 Å². The highest BCUT2D eigenvalue weighted by atomic mass is 28.3. The highest BCUT2D eigenvalue weighted by Gasteiger charge is 2.27. The lowest BCUT2D eigenvalue weighted by Gasteiger charge is -2.28. The van der Waals surface area contributed by atoms with E-state index in [2.05, 4.69) is 52.9 Å². The van der Waals surface area contributed by atoms with Gasteiger partial charge in [-0.2, -0.15) is 0 Å². The second kappa shape index (κ2) is 4.01. The third-order valence-electron chi connectivity index (χ3n) is 3.78. The lowest BCUT2D eigenvalue weighted by Crippen LogP contribution is -2.44. The summed E-state index contributed by atoms with van der Waals surface area (Å²) in [6, 6.07) is 4.57. The van der Waals surface area contributed by atoms with Gasteiger partial charge in [-0.25, -0.2) is 0 Å². The van der Waals surface area contributed by atoms with Crippen molar-refractivity contribution in [1.82, 2.24) is 0 Å². The molecule has 0 atom stereocenters. The van der Waals surface area contributed by atoms with Crippen LogP contribution in [-0.2, 0) is 0 Å². The largest absolute Gasteiger partial charge is 0.398 e. The topological polar surface area (TPSA) is 26.0 Å². The van der Waals surface area contributed by atoms with Gasteiger partial charge >= 0.3 is 0 Å². The van der Waals surface area contributed by atoms with Gasteiger partial charge in [0.1, 0.15) is 0 Å². The van der Waals surface area contributed by atoms with Crippen LogP contribution in [0.15, 0.2) is 12.1 Å². The Kier molecular flexibility index (Phi) is 3.29. The number of hydrogen-bond acceptors (Lipinski definition) is 1. The van der Waals surface area contributed by atoms with E-state index < -0.39 is 8.07 Å². The third-order valence-corrected chi connectivity index (χ3v) is 8.44. The predicted molar refractivity (Wildman–Crippen MR) is 72.5 cm³/mol. The minimum absolute atomic E-state index is 0.764. The van der Waals surface area contributed by atoms with Gasteiger partial charge in [-0.05, 0) is 30.5 Å². The Balaban J connectivity index is 3.28. The Morgan fingerprint density at radius 2 is 1.47 bits per heavy atom. The van der Waals surface area contributed by atoms with Gasteiger partial charge in [-0.1, -0.05) is 44.3 Å². The highest BCUT2D eigenvalue weighted by Crippen LogP contribution is 2.23. The summed E-state index contributed by atoms with van der Waals surface area (Å²) >= 11 is 0. The van der Waals surface area contributed by atoms with Gasteiger partial charge in [0, 0.05) is 5.69 Å². The van der Waals surface area contributed by atoms with Crippen LogP contribution in [0.5, 0.6) is 0 Å². The van der Waals surface area contributed by atoms with Crippen LogP contribution in [0.25, 0.3) is 0 Å². The van der Waals surface area contributed by atoms with E-state index in [-0.39, 0.29) is 0 Å². The fraction of sp³-hybridized carbons (Fsp3) is 0.538. The molecule has 0 radical (unpaired) electrons. The number of nitrogens with two attached hydrogens (primary N) is 1. The molecule has 0 spiro atoms. The van der Waals surface area contributed by atoms with Gasteiger partial charge in [0.05, 0.1) is 8.07 Å². The van der Waals surface area contributed by atoms with E-state index in [1.807, 2.05) is 0 Å². The van der Waals surface area contributed by atoms with Crippen molar-refractivity contribution in [3.8, 4) is 0 Å². The van der Waals surface area contributed by atoms with Gasteiger partial charge in [-0.3, -0.25) is 0 Å². The van der Waals surface area contributed by atoms with Crippen LogP contribution in [0.3, 0.4) is 0 Å². The monoisotopic (exact) mass is 221 g/mol. The van der Waals surface area contributed by atoms with Crippen LogP contribution < -0.4 is 10.9 Å². The molecule has 1 aromatic rings. The Labute approximate surface area is 94.7 Å². The maximum Gasteiger partial charge on any atom is 0.0831 e. The first-order chi connectivity index (χ1) is 6.76. The molecular formula is C13H23NSi. The van der Waals surface area contributed by atoms with Crippen LogP contribution in [0.2, 0.25) is 18.6 Å². The summed E-state index contributed by atoms with van der Waals surface area (Å²) in [6.45, 7) is 13.7. The number of anilines is 1. The van der Waals surface area contributed by atoms with Crippen LogP contribution in [0.1, 0.15) is 25.0 Å². The first kappa shape index (κ1) is 12.3. The molecule has 0 unspecified atom stereocenters. The molecule has 1 rings (SSSR count). The molecule has 0 amide bonds. The van der Waals surface area contributed by atoms with Gasteiger partial charge in [0.25, 0.3) is 0 Å². The van der Waals surface area contributed by atoms with Gasteiger partial charge in [-0.15, -0.1) is 0 Å². The molecule has 15 heavy (non-hydrogen) atoms. The molecule has 2 N–H and O–H groups in total. The molecule has 0 aliphatic carbocycles. The Bertz CT molecular complexity index is 344. The maximum atomic E-state index is 5.99. The third kappa shape index (κ3) is 2.25. The molecule has 0 bridgehead atoms. The Morgan fingerprint density at radius 1 is 1.07 bits per heavy atom. The highest BCUT2D eigenvalue weighted by molar-refractivity contribution is 6.90. The molecule has 0 heterocycles. The molecule has 84 valence electrons. The molecule has 2 heteroatoms. The fourth-order valence-corrected chi connectivity index (χ4v) is 3.52. The Hall–Kier alpha value is -0.763. The summed E-state index contributed by atoms with van der Waals surface area (Å²) < 4.78 is 0. The normalized spacial score (nSPS) is 12.2. The zero-order chi connectivity index (χ0) is 11.8. The average Bonchev–Trinajstić information content (AvgIpc) is 2.13. The van der Waals surface area contributed by atoms with Crippen molar-refractivity contribution < 1.29 is 0 Å². The van der Waals surface area contributed by atoms with Crippen molar-refractivity contribution in [3.63, 3.8) is 0 Å². The minimum Gasteiger partial charge on any atom is -0.398 e. The quantitative estimate of drug-likeness (QED) is 0.602. The average molecular weight is 221 g/mol. The first-order valence-corrected chi connectivity index (χ1v) is 8.71. The molecular weight excluding hydrogens is 198 g/mol. The van der Waals surface area contributed by atoms with Crippen molar-refractivity contribution >= 4 is 18.9 Å². The van der Waals surface area contributed by atoms with Gasteiger partial charge < -0.3 is 5.73 Å². The Morgan fingerprint density at radius 3 is 1.80 bits per heavy atom. The van der Waals surface area contributed by atoms with Crippen molar-refractivity contribution in [3.05, 3.63) is 23.3 Å². The fourth-order valence-electron chi connectivity index (χ4n) is 1.68. The molecule has 0 saturated carbocycles. The molecule has 0 aliphatic rings. The van der Waals surface area contributed by atoms with Crippen LogP contribution in [0.4, 0.5) is 5.69 Å². The molecule has 0 aromatic heterocycles. The minimum atomic E-state index is -1.30. The molecule has 1 aromatic carbocycles. The standard InChI is InChI=1S/C13H23NSi/c1-9(2)15(5,6)12-7-10(3)13(14)11(4)8-12/h7-9H,14H2,1-6H3. The van der Waals surface area contributed by atoms with Crippen molar-refractivity contribution in [2.75, 3.05) is 5.73 Å². The van der Waals surface area contributed by atoms with E-state index in [9.17, 15) is 0 Å². The van der Waals surface area contributed by atoms with E-state index in [4.69, 9.17) is 5.73 Å². The van der Waals surface area contributed by atoms with E-state index in [1.165, 1.54) is 16.3 Å². The van der Waals surface area contributed by atoms with E-state index in [0.29, 0.717) is 0 Å². The van der Waals surface area contributed by atoms with Crippen LogP contribution in [-0.4, -0.2) is 8.07 Å². The van der Waals surface area contributed by atoms with Gasteiger partial charge in [0.15, 0.2) is 0 Å². The predicted octanol–water partition coefficient (Wildman–Crippen LogP) is 3.21. The lowest BCUT2D eigenvalue weighted by molar-refractivity contribution is 1.02. The van der Waals surface area contributed by atoms with Gasteiger partial charge in [0.2, 0.25) is 0 Å². The van der Waals surface area contributed by atoms with E-state index in [1.54, 1.807) is 0 Å². The smallest absolute Gasteiger partial charge is 0.0831 e. The second-order valence-corrected chi connectivity index (χ2v) is 10.6. The molecule has 0 aliphatic heterocycles. The first-order valence-electron chi connectivity index (χ1n) is 5.64. The SMILES string of the molecule is Cc1cc([Si](C)(C)C(C)C)cc(C)c1N. The van der Waals surface area contributed by atoms with Crippen LogP contribution in [0, 0.1) is 13.8 Å². The summed E-state index contributed by atoms with van der Waals surface area (Å²) in [5, 5.41) is 1.53. The summed E-state index contributed by atoms with van der Waals surface area (Å²) in [5.41, 5.74) is 10.2. The number of benzene rings is 1. The zero-order valence-corrected chi connectivity index (χ0v) is 11.8. The second-order valence-electron chi connectivity index (χ2n) is 5.40. The van der Waals surface area contributed by atoms with E-state index in [0.717, 1.165) is 11.2 Å². The van der Waals surface area contributed by atoms with Crippen molar-refractivity contribution in [2.45, 2.75) is 46.3 Å². The number of rotatable bonds is 2. The molecule has 0 saturated heterocycles. The maximum absolute atomic E-state index is 5.99. The van der Waals surface area contributed by atoms with E-state index >= 15 is 0 Å². The number of hydrogen-bond donors (Lipinski definition) is 1. The molecule has 1 nitrogen and oxygen atoms in total. The number of aryl methyl sites for hydroxylation is 2. The van der Waals surface area contributed by atoms with Crippen molar-refractivity contribution in [1.29, 1.82) is 0 Å². The summed E-state index contributed by atoms with van der Waals surface area (Å²) in [6.07, 6.45) is 0. The molecule has 0 fully saturated rings. The summed E-state index contributed by atoms with van der Waals surface area (Å²) in [5.74, 6) is 0. The number of nitrogen functional groups attached to an aromatic ring is 1.